The maximum absolute atomic E-state index is 11.3. The molecule has 0 saturated heterocycles. The maximum atomic E-state index is 11.3. The number of hydrogen-bond acceptors (Lipinski definition) is 0. The fourth-order valence-electron chi connectivity index (χ4n) is 0.436. The summed E-state index contributed by atoms with van der Waals surface area (Å²) in [6.07, 6.45) is 0.335. The molecule has 0 N–H and O–H groups in total. The first-order chi connectivity index (χ1) is 3.56. The molecule has 0 atom stereocenters. The Kier molecular flexibility index (Phi) is 2.94. The third-order valence-corrected chi connectivity index (χ3v) is 0.885. The van der Waals surface area contributed by atoms with Crippen molar-refractivity contribution in [2.45, 2.75) is 26.1 Å². The molecule has 0 aromatic rings. The molecule has 0 radical (unpaired) electrons. The predicted molar refractivity (Wildman–Crippen MR) is 28.8 cm³/mol. The van der Waals surface area contributed by atoms with E-state index in [0.717, 1.165) is 0 Å². The third kappa shape index (κ3) is 5.85. The topological polar surface area (TPSA) is 0 Å². The van der Waals surface area contributed by atoms with Crippen LogP contribution in [-0.4, -0.2) is 6.98 Å². The lowest BCUT2D eigenvalue weighted by atomic mass is 9.84. The van der Waals surface area contributed by atoms with E-state index in [2.05, 4.69) is 0 Å². The Morgan fingerprint density at radius 3 is 1.88 bits per heavy atom. The SMILES string of the molecule is CCCC[B-](F)(F)F. The van der Waals surface area contributed by atoms with E-state index in [4.69, 9.17) is 0 Å². The summed E-state index contributed by atoms with van der Waals surface area (Å²) < 4.78 is 33.9. The highest BCUT2D eigenvalue weighted by molar-refractivity contribution is 6.58. The summed E-state index contributed by atoms with van der Waals surface area (Å²) in [4.78, 5) is 0. The third-order valence-electron chi connectivity index (χ3n) is 0.885. The van der Waals surface area contributed by atoms with Gasteiger partial charge in [-0.05, 0) is 0 Å². The monoisotopic (exact) mass is 125 g/mol. The lowest BCUT2D eigenvalue weighted by molar-refractivity contribution is 0.463. The highest BCUT2D eigenvalue weighted by Gasteiger charge is 2.20. The van der Waals surface area contributed by atoms with Crippen LogP contribution in [0.25, 0.3) is 0 Å². The van der Waals surface area contributed by atoms with Gasteiger partial charge in [-0.2, -0.15) is 0 Å². The van der Waals surface area contributed by atoms with Crippen molar-refractivity contribution >= 4 is 6.98 Å². The summed E-state index contributed by atoms with van der Waals surface area (Å²) >= 11 is 0. The second-order valence-corrected chi connectivity index (χ2v) is 1.85. The molecule has 0 aromatic carbocycles. The van der Waals surface area contributed by atoms with Crippen LogP contribution in [0.2, 0.25) is 6.32 Å². The molecule has 50 valence electrons. The van der Waals surface area contributed by atoms with Crippen molar-refractivity contribution < 1.29 is 12.9 Å². The van der Waals surface area contributed by atoms with Gasteiger partial charge in [0.25, 0.3) is 0 Å². The van der Waals surface area contributed by atoms with Crippen molar-refractivity contribution in [2.75, 3.05) is 0 Å². The van der Waals surface area contributed by atoms with Gasteiger partial charge in [0, 0.05) is 0 Å². The van der Waals surface area contributed by atoms with E-state index in [9.17, 15) is 12.9 Å². The van der Waals surface area contributed by atoms with Crippen LogP contribution in [0.5, 0.6) is 0 Å². The Morgan fingerprint density at radius 1 is 1.25 bits per heavy atom. The van der Waals surface area contributed by atoms with E-state index in [1.165, 1.54) is 0 Å². The van der Waals surface area contributed by atoms with Crippen molar-refractivity contribution in [3.05, 3.63) is 0 Å². The quantitative estimate of drug-likeness (QED) is 0.508. The van der Waals surface area contributed by atoms with Gasteiger partial charge in [0.2, 0.25) is 0 Å². The minimum absolute atomic E-state index is 0.281. The van der Waals surface area contributed by atoms with Gasteiger partial charge >= 0.3 is 6.98 Å². The van der Waals surface area contributed by atoms with Crippen LogP contribution in [-0.2, 0) is 0 Å². The molecule has 0 saturated carbocycles. The second kappa shape index (κ2) is 3.00. The van der Waals surface area contributed by atoms with Crippen molar-refractivity contribution in [3.63, 3.8) is 0 Å². The van der Waals surface area contributed by atoms with E-state index in [0.29, 0.717) is 6.42 Å². The van der Waals surface area contributed by atoms with Crippen molar-refractivity contribution in [3.8, 4) is 0 Å². The first kappa shape index (κ1) is 7.85. The highest BCUT2D eigenvalue weighted by Crippen LogP contribution is 2.17. The molecule has 0 aliphatic heterocycles. The molecule has 0 amide bonds. The van der Waals surface area contributed by atoms with E-state index >= 15 is 0 Å². The van der Waals surface area contributed by atoms with Crippen molar-refractivity contribution in [2.24, 2.45) is 0 Å². The molecule has 0 fully saturated rings. The fraction of sp³-hybridized carbons (Fsp3) is 1.00. The van der Waals surface area contributed by atoms with Gasteiger partial charge in [-0.1, -0.05) is 26.1 Å². The normalized spacial score (nSPS) is 12.0. The zero-order valence-electron chi connectivity index (χ0n) is 4.83. The van der Waals surface area contributed by atoms with E-state index in [1.807, 2.05) is 0 Å². The Balaban J connectivity index is 3.11. The molecule has 0 unspecified atom stereocenters. The van der Waals surface area contributed by atoms with Gasteiger partial charge in [-0.25, -0.2) is 0 Å². The number of hydrogen-bond donors (Lipinski definition) is 0. The molecular formula is C4H9BF3-. The molecule has 0 aliphatic carbocycles. The molecule has 4 heteroatoms. The highest BCUT2D eigenvalue weighted by atomic mass is 19.4. The number of unbranched alkanes of at least 4 members (excludes halogenated alkanes) is 1. The van der Waals surface area contributed by atoms with Crippen LogP contribution >= 0.6 is 0 Å². The van der Waals surface area contributed by atoms with Crippen LogP contribution in [0.1, 0.15) is 19.8 Å². The maximum Gasteiger partial charge on any atom is 0.478 e. The average Bonchev–Trinajstić information content (AvgIpc) is 1.59. The smallest absolute Gasteiger partial charge is 0.449 e. The molecule has 8 heavy (non-hydrogen) atoms. The van der Waals surface area contributed by atoms with E-state index < -0.39 is 13.3 Å². The fourth-order valence-corrected chi connectivity index (χ4v) is 0.436. The van der Waals surface area contributed by atoms with Crippen LogP contribution in [0.4, 0.5) is 12.9 Å². The largest absolute Gasteiger partial charge is 0.478 e. The number of halogens is 3. The molecule has 0 nitrogen and oxygen atoms in total. The summed E-state index contributed by atoms with van der Waals surface area (Å²) in [5.74, 6) is 0. The lowest BCUT2D eigenvalue weighted by Crippen LogP contribution is -2.13. The van der Waals surface area contributed by atoms with Gasteiger partial charge in [0.05, 0.1) is 0 Å². The van der Waals surface area contributed by atoms with Gasteiger partial charge < -0.3 is 12.9 Å². The molecule has 0 rings (SSSR count). The van der Waals surface area contributed by atoms with Crippen LogP contribution in [0.3, 0.4) is 0 Å². The summed E-state index contributed by atoms with van der Waals surface area (Å²) in [5.41, 5.74) is 0. The lowest BCUT2D eigenvalue weighted by Gasteiger charge is -2.10. The van der Waals surface area contributed by atoms with Crippen LogP contribution in [0, 0.1) is 0 Å². The Bertz CT molecular complexity index is 58.8. The van der Waals surface area contributed by atoms with Crippen molar-refractivity contribution in [1.82, 2.24) is 0 Å². The van der Waals surface area contributed by atoms with Gasteiger partial charge in [0.1, 0.15) is 0 Å². The van der Waals surface area contributed by atoms with Crippen LogP contribution in [0.15, 0.2) is 0 Å². The van der Waals surface area contributed by atoms with E-state index in [-0.39, 0.29) is 6.42 Å². The summed E-state index contributed by atoms with van der Waals surface area (Å²) in [6.45, 7) is -2.75. The summed E-state index contributed by atoms with van der Waals surface area (Å²) in [7, 11) is 0. The Morgan fingerprint density at radius 2 is 1.75 bits per heavy atom. The second-order valence-electron chi connectivity index (χ2n) is 1.85. The average molecular weight is 125 g/mol. The molecule has 0 aromatic heterocycles. The zero-order valence-corrected chi connectivity index (χ0v) is 4.83. The minimum atomic E-state index is -4.50. The Labute approximate surface area is 47.1 Å². The summed E-state index contributed by atoms with van der Waals surface area (Å²) in [6, 6.07) is 0. The molecular weight excluding hydrogens is 116 g/mol. The van der Waals surface area contributed by atoms with Crippen LogP contribution < -0.4 is 0 Å². The van der Waals surface area contributed by atoms with Gasteiger partial charge in [0.15, 0.2) is 0 Å². The molecule has 0 bridgehead atoms. The summed E-state index contributed by atoms with van der Waals surface area (Å²) in [5, 5.41) is 0. The minimum Gasteiger partial charge on any atom is -0.449 e. The van der Waals surface area contributed by atoms with Crippen molar-refractivity contribution in [1.29, 1.82) is 0 Å². The molecule has 0 heterocycles. The standard InChI is InChI=1S/C4H9BF3/c1-2-3-4-5(6,7)8/h2-4H2,1H3/q-1. The predicted octanol–water partition coefficient (Wildman–Crippen LogP) is 2.63. The van der Waals surface area contributed by atoms with Gasteiger partial charge in [-0.15, -0.1) is 0 Å². The molecule has 0 spiro atoms. The zero-order chi connectivity index (χ0) is 6.62. The van der Waals surface area contributed by atoms with E-state index in [1.54, 1.807) is 6.92 Å². The first-order valence-electron chi connectivity index (χ1n) is 2.77. The first-order valence-corrected chi connectivity index (χ1v) is 2.77. The Hall–Kier alpha value is -0.145. The number of rotatable bonds is 3. The molecule has 0 aliphatic rings. The van der Waals surface area contributed by atoms with Gasteiger partial charge in [-0.3, -0.25) is 0 Å².